The highest BCUT2D eigenvalue weighted by atomic mass is 35.5. The molecule has 4 heterocycles. The SMILES string of the molecule is C=CCN(C(=O)NCC1C=CC(Cl)=C(Cl)C1)N1CC(=O)N2[C@@H]3C(=O)N(Cc4cccc5ccccc45)C[C@@]21C1C=CC3=CC1. The van der Waals surface area contributed by atoms with Crippen LogP contribution in [0.1, 0.15) is 18.4 Å². The molecule has 0 radical (unpaired) electrons. The number of urea groups is 1. The molecule has 4 atom stereocenters. The van der Waals surface area contributed by atoms with Crippen LogP contribution >= 0.6 is 23.2 Å². The summed E-state index contributed by atoms with van der Waals surface area (Å²) >= 11 is 12.4. The lowest BCUT2D eigenvalue weighted by atomic mass is 9.85. The van der Waals surface area contributed by atoms with Crippen molar-refractivity contribution in [1.82, 2.24) is 25.1 Å². The summed E-state index contributed by atoms with van der Waals surface area (Å²) in [6, 6.07) is 13.2. The zero-order valence-corrected chi connectivity index (χ0v) is 25.7. The third-order valence-electron chi connectivity index (χ3n) is 9.48. The number of allylic oxidation sites excluding steroid dienone is 4. The minimum atomic E-state index is -0.948. The lowest BCUT2D eigenvalue weighted by Crippen LogP contribution is -2.74. The van der Waals surface area contributed by atoms with E-state index in [0.717, 1.165) is 21.9 Å². The van der Waals surface area contributed by atoms with Gasteiger partial charge in [0, 0.05) is 24.0 Å². The molecular weight excluding hydrogens is 597 g/mol. The van der Waals surface area contributed by atoms with Gasteiger partial charge in [0.25, 0.3) is 5.91 Å². The summed E-state index contributed by atoms with van der Waals surface area (Å²) in [7, 11) is 0. The molecule has 4 aliphatic heterocycles. The second kappa shape index (κ2) is 11.3. The van der Waals surface area contributed by atoms with Gasteiger partial charge in [-0.1, -0.05) is 96.0 Å². The summed E-state index contributed by atoms with van der Waals surface area (Å²) in [4.78, 5) is 45.7. The van der Waals surface area contributed by atoms with E-state index < -0.39 is 11.7 Å². The molecule has 1 N–H and O–H groups in total. The van der Waals surface area contributed by atoms with Crippen LogP contribution < -0.4 is 5.32 Å². The minimum absolute atomic E-state index is 0.00956. The molecule has 10 heteroatoms. The van der Waals surface area contributed by atoms with Crippen LogP contribution in [0.4, 0.5) is 4.79 Å². The van der Waals surface area contributed by atoms with Crippen LogP contribution in [0.3, 0.4) is 0 Å². The highest BCUT2D eigenvalue weighted by Gasteiger charge is 2.66. The standard InChI is InChI=1S/C34H33Cl2N5O3/c1-2-16-39(33(44)37-18-22-10-15-28(35)29(36)17-22)40-20-30(42)41-31-24-11-13-26(14-12-24)34(40,41)21-38(32(31)43)19-25-8-5-7-23-6-3-4-9-27(23)25/h2-13,15,22,26,31H,1,14,16-21H2,(H,37,44)/t22?,26?,31-,34-/m0/s1. The van der Waals surface area contributed by atoms with Gasteiger partial charge in [-0.25, -0.2) is 4.79 Å². The molecule has 44 heavy (non-hydrogen) atoms. The monoisotopic (exact) mass is 629 g/mol. The van der Waals surface area contributed by atoms with Gasteiger partial charge in [0.05, 0.1) is 18.1 Å². The fourth-order valence-corrected chi connectivity index (χ4v) is 7.86. The Bertz CT molecular complexity index is 1690. The average Bonchev–Trinajstić information content (AvgIpc) is 3.20. The van der Waals surface area contributed by atoms with Crippen molar-refractivity contribution in [2.45, 2.75) is 31.1 Å². The molecule has 226 valence electrons. The number of hydrazine groups is 1. The Morgan fingerprint density at radius 2 is 1.93 bits per heavy atom. The first-order chi connectivity index (χ1) is 21.3. The highest BCUT2D eigenvalue weighted by Crippen LogP contribution is 2.49. The molecule has 8 rings (SSSR count). The van der Waals surface area contributed by atoms with Crippen LogP contribution in [-0.4, -0.2) is 75.5 Å². The first kappa shape index (κ1) is 28.9. The summed E-state index contributed by atoms with van der Waals surface area (Å²) in [5.41, 5.74) is 0.923. The lowest BCUT2D eigenvalue weighted by molar-refractivity contribution is -0.180. The number of rotatable bonds is 7. The Morgan fingerprint density at radius 1 is 1.11 bits per heavy atom. The Kier molecular flexibility index (Phi) is 7.39. The summed E-state index contributed by atoms with van der Waals surface area (Å²) in [5, 5.41) is 9.80. The molecule has 4 bridgehead atoms. The van der Waals surface area contributed by atoms with Gasteiger partial charge < -0.3 is 15.1 Å². The number of hydrogen-bond acceptors (Lipinski definition) is 4. The number of benzene rings is 2. The van der Waals surface area contributed by atoms with Crippen LogP contribution in [0, 0.1) is 11.8 Å². The number of carbonyl (C=O) groups is 3. The Balaban J connectivity index is 1.23. The molecule has 0 aromatic heterocycles. The fourth-order valence-electron chi connectivity index (χ4n) is 7.44. The van der Waals surface area contributed by atoms with Crippen LogP contribution in [-0.2, 0) is 16.1 Å². The van der Waals surface area contributed by atoms with E-state index in [1.165, 1.54) is 0 Å². The second-order valence-electron chi connectivity index (χ2n) is 12.0. The number of halogens is 2. The fraction of sp³-hybridized carbons (Fsp3) is 0.324. The molecule has 0 saturated carbocycles. The molecule has 8 nitrogen and oxygen atoms in total. The van der Waals surface area contributed by atoms with E-state index in [2.05, 4.69) is 48.3 Å². The van der Waals surface area contributed by atoms with Crippen molar-refractivity contribution >= 4 is 51.8 Å². The van der Waals surface area contributed by atoms with Crippen molar-refractivity contribution in [2.75, 3.05) is 26.2 Å². The van der Waals surface area contributed by atoms with E-state index in [1.54, 1.807) is 22.1 Å². The summed E-state index contributed by atoms with van der Waals surface area (Å²) in [5.74, 6) is -0.407. The van der Waals surface area contributed by atoms with E-state index in [0.29, 0.717) is 36.0 Å². The number of amides is 4. The summed E-state index contributed by atoms with van der Waals surface area (Å²) < 4.78 is 0. The number of nitrogens with zero attached hydrogens (tertiary/aromatic N) is 4. The van der Waals surface area contributed by atoms with Gasteiger partial charge in [0.15, 0.2) is 0 Å². The van der Waals surface area contributed by atoms with Crippen molar-refractivity contribution < 1.29 is 14.4 Å². The van der Waals surface area contributed by atoms with Gasteiger partial charge in [-0.15, -0.1) is 6.58 Å². The Labute approximate surface area is 266 Å². The van der Waals surface area contributed by atoms with E-state index in [1.807, 2.05) is 40.3 Å². The third kappa shape index (κ3) is 4.59. The van der Waals surface area contributed by atoms with Crippen LogP contribution in [0.15, 0.2) is 101 Å². The molecule has 2 unspecified atom stereocenters. The van der Waals surface area contributed by atoms with E-state index in [9.17, 15) is 14.4 Å². The molecule has 2 aromatic carbocycles. The van der Waals surface area contributed by atoms with Crippen LogP contribution in [0.2, 0.25) is 0 Å². The molecule has 2 aromatic rings. The first-order valence-corrected chi connectivity index (χ1v) is 15.7. The van der Waals surface area contributed by atoms with E-state index in [-0.39, 0.29) is 49.3 Å². The molecule has 0 spiro atoms. The molecule has 2 aliphatic carbocycles. The van der Waals surface area contributed by atoms with Gasteiger partial charge >= 0.3 is 6.03 Å². The van der Waals surface area contributed by atoms with Crippen molar-refractivity contribution in [2.24, 2.45) is 11.8 Å². The highest BCUT2D eigenvalue weighted by molar-refractivity contribution is 6.40. The maximum atomic E-state index is 14.3. The predicted molar refractivity (Wildman–Crippen MR) is 171 cm³/mol. The zero-order chi connectivity index (χ0) is 30.6. The molecular formula is C34H33Cl2N5O3. The molecule has 2 saturated heterocycles. The normalized spacial score (nSPS) is 27.5. The van der Waals surface area contributed by atoms with E-state index in [4.69, 9.17) is 23.2 Å². The summed E-state index contributed by atoms with van der Waals surface area (Å²) in [6.45, 7) is 5.11. The number of nitrogens with one attached hydrogen (secondary N) is 1. The third-order valence-corrected chi connectivity index (χ3v) is 10.3. The van der Waals surface area contributed by atoms with Crippen molar-refractivity contribution in [3.63, 3.8) is 0 Å². The number of hydrogen-bond donors (Lipinski definition) is 1. The molecule has 4 amide bonds. The summed E-state index contributed by atoms with van der Waals surface area (Å²) in [6.07, 6.45) is 12.7. The first-order valence-electron chi connectivity index (χ1n) is 14.9. The van der Waals surface area contributed by atoms with Crippen molar-refractivity contribution in [1.29, 1.82) is 0 Å². The maximum Gasteiger partial charge on any atom is 0.332 e. The Morgan fingerprint density at radius 3 is 2.70 bits per heavy atom. The zero-order valence-electron chi connectivity index (χ0n) is 24.2. The Hall–Kier alpha value is -3.85. The minimum Gasteiger partial charge on any atom is -0.336 e. The van der Waals surface area contributed by atoms with Gasteiger partial charge in [0.2, 0.25) is 5.91 Å². The number of piperazine rings is 1. The van der Waals surface area contributed by atoms with Gasteiger partial charge in [-0.3, -0.25) is 14.6 Å². The predicted octanol–water partition coefficient (Wildman–Crippen LogP) is 5.29. The molecule has 6 aliphatic rings. The largest absolute Gasteiger partial charge is 0.336 e. The number of fused-ring (bicyclic) bond motifs is 2. The van der Waals surface area contributed by atoms with Gasteiger partial charge in [-0.05, 0) is 46.7 Å². The van der Waals surface area contributed by atoms with Gasteiger partial charge in [0.1, 0.15) is 18.2 Å². The van der Waals surface area contributed by atoms with Crippen LogP contribution in [0.5, 0.6) is 0 Å². The maximum absolute atomic E-state index is 14.3. The average molecular weight is 631 g/mol. The molecule has 2 fully saturated rings. The topological polar surface area (TPSA) is 76.2 Å². The van der Waals surface area contributed by atoms with Crippen molar-refractivity contribution in [3.05, 3.63) is 107 Å². The van der Waals surface area contributed by atoms with Crippen molar-refractivity contribution in [3.8, 4) is 0 Å². The smallest absolute Gasteiger partial charge is 0.332 e. The second-order valence-corrected chi connectivity index (χ2v) is 12.8. The quantitative estimate of drug-likeness (QED) is 0.423. The van der Waals surface area contributed by atoms with Gasteiger partial charge in [-0.2, -0.15) is 5.01 Å². The number of carbonyl (C=O) groups excluding carboxylic acids is 3. The lowest BCUT2D eigenvalue weighted by Gasteiger charge is -2.55. The van der Waals surface area contributed by atoms with Crippen LogP contribution in [0.25, 0.3) is 10.8 Å². The van der Waals surface area contributed by atoms with E-state index >= 15 is 0 Å².